The van der Waals surface area contributed by atoms with Gasteiger partial charge in [-0.3, -0.25) is 0 Å². The molecular weight excluding hydrogens is 284 g/mol. The van der Waals surface area contributed by atoms with Gasteiger partial charge in [0.15, 0.2) is 0 Å². The molecule has 0 saturated heterocycles. The molecule has 1 aromatic rings. The fraction of sp³-hybridized carbons (Fsp3) is 0.385. The quantitative estimate of drug-likeness (QED) is 0.663. The van der Waals surface area contributed by atoms with Crippen LogP contribution in [0.25, 0.3) is 0 Å². The largest absolute Gasteiger partial charge is 0.398 e. The summed E-state index contributed by atoms with van der Waals surface area (Å²) in [6.07, 6.45) is 7.18. The molecular formula is C13H17ClN2O2S. The fourth-order valence-corrected chi connectivity index (χ4v) is 3.41. The first-order valence-electron chi connectivity index (χ1n) is 6.19. The maximum absolute atomic E-state index is 12.1. The van der Waals surface area contributed by atoms with Crippen molar-refractivity contribution in [3.63, 3.8) is 0 Å². The number of benzene rings is 1. The monoisotopic (exact) mass is 300 g/mol. The van der Waals surface area contributed by atoms with Crippen LogP contribution in [-0.4, -0.2) is 15.0 Å². The van der Waals surface area contributed by atoms with Crippen LogP contribution in [0, 0.1) is 5.92 Å². The van der Waals surface area contributed by atoms with E-state index in [0.717, 1.165) is 19.3 Å². The molecule has 1 aliphatic carbocycles. The predicted octanol–water partition coefficient (Wildman–Crippen LogP) is 2.56. The molecule has 1 unspecified atom stereocenters. The van der Waals surface area contributed by atoms with Crippen LogP contribution in [0.1, 0.15) is 19.3 Å². The average Bonchev–Trinajstić information content (AvgIpc) is 2.41. The van der Waals surface area contributed by atoms with Gasteiger partial charge in [-0.25, -0.2) is 13.1 Å². The van der Waals surface area contributed by atoms with Crippen molar-refractivity contribution in [3.8, 4) is 0 Å². The second-order valence-corrected chi connectivity index (χ2v) is 6.86. The van der Waals surface area contributed by atoms with Crippen molar-refractivity contribution in [2.75, 3.05) is 12.3 Å². The van der Waals surface area contributed by atoms with Crippen molar-refractivity contribution in [2.24, 2.45) is 5.92 Å². The lowest BCUT2D eigenvalue weighted by Crippen LogP contribution is -2.29. The normalized spacial score (nSPS) is 19.5. The number of nitrogen functional groups attached to an aromatic ring is 1. The van der Waals surface area contributed by atoms with E-state index in [2.05, 4.69) is 16.9 Å². The zero-order valence-electron chi connectivity index (χ0n) is 10.5. The number of nitrogens with two attached hydrogens (primary N) is 1. The summed E-state index contributed by atoms with van der Waals surface area (Å²) < 4.78 is 26.9. The van der Waals surface area contributed by atoms with Gasteiger partial charge in [0, 0.05) is 6.54 Å². The SMILES string of the molecule is Nc1ccc(S(=O)(=O)NCC2CC=CCC2)cc1Cl. The first kappa shape index (κ1) is 14.4. The zero-order chi connectivity index (χ0) is 13.9. The summed E-state index contributed by atoms with van der Waals surface area (Å²) in [6.45, 7) is 0.453. The van der Waals surface area contributed by atoms with Gasteiger partial charge >= 0.3 is 0 Å². The van der Waals surface area contributed by atoms with Gasteiger partial charge in [0.2, 0.25) is 10.0 Å². The molecule has 0 bridgehead atoms. The smallest absolute Gasteiger partial charge is 0.240 e. The topological polar surface area (TPSA) is 72.2 Å². The van der Waals surface area contributed by atoms with Gasteiger partial charge in [-0.05, 0) is 43.4 Å². The molecule has 0 aromatic heterocycles. The fourth-order valence-electron chi connectivity index (χ4n) is 2.03. The van der Waals surface area contributed by atoms with Gasteiger partial charge in [-0.15, -0.1) is 0 Å². The second kappa shape index (κ2) is 5.94. The van der Waals surface area contributed by atoms with E-state index < -0.39 is 10.0 Å². The third kappa shape index (κ3) is 3.72. The minimum atomic E-state index is -3.51. The molecule has 0 heterocycles. The van der Waals surface area contributed by atoms with Gasteiger partial charge in [0.1, 0.15) is 0 Å². The van der Waals surface area contributed by atoms with Crippen LogP contribution in [0.3, 0.4) is 0 Å². The molecule has 1 aromatic carbocycles. The van der Waals surface area contributed by atoms with E-state index in [1.807, 2.05) is 0 Å². The summed E-state index contributed by atoms with van der Waals surface area (Å²) in [5, 5.41) is 0.253. The Morgan fingerprint density at radius 3 is 2.79 bits per heavy atom. The Bertz CT molecular complexity index is 584. The molecule has 2 rings (SSSR count). The Hall–Kier alpha value is -1.04. The van der Waals surface area contributed by atoms with E-state index in [4.69, 9.17) is 17.3 Å². The van der Waals surface area contributed by atoms with Crippen LogP contribution in [-0.2, 0) is 10.0 Å². The van der Waals surface area contributed by atoms with Crippen molar-refractivity contribution in [2.45, 2.75) is 24.2 Å². The maximum Gasteiger partial charge on any atom is 0.240 e. The molecule has 0 radical (unpaired) electrons. The standard InChI is InChI=1S/C13H17ClN2O2S/c14-12-8-11(6-7-13(12)15)19(17,18)16-9-10-4-2-1-3-5-10/h1-2,6-8,10,16H,3-5,9,15H2. The molecule has 1 aliphatic rings. The van der Waals surface area contributed by atoms with Gasteiger partial charge in [0.25, 0.3) is 0 Å². The van der Waals surface area contributed by atoms with E-state index in [-0.39, 0.29) is 9.92 Å². The predicted molar refractivity (Wildman–Crippen MR) is 77.5 cm³/mol. The van der Waals surface area contributed by atoms with Crippen molar-refractivity contribution in [3.05, 3.63) is 35.4 Å². The van der Waals surface area contributed by atoms with Crippen molar-refractivity contribution >= 4 is 27.3 Å². The second-order valence-electron chi connectivity index (χ2n) is 4.69. The van der Waals surface area contributed by atoms with Crippen molar-refractivity contribution in [1.29, 1.82) is 0 Å². The lowest BCUT2D eigenvalue weighted by atomic mass is 9.95. The van der Waals surface area contributed by atoms with Crippen LogP contribution in [0.2, 0.25) is 5.02 Å². The molecule has 104 valence electrons. The highest BCUT2D eigenvalue weighted by Gasteiger charge is 2.18. The Balaban J connectivity index is 2.05. The van der Waals surface area contributed by atoms with E-state index >= 15 is 0 Å². The summed E-state index contributed by atoms with van der Waals surface area (Å²) in [4.78, 5) is 0.151. The first-order chi connectivity index (χ1) is 8.99. The molecule has 0 spiro atoms. The van der Waals surface area contributed by atoms with E-state index in [0.29, 0.717) is 18.2 Å². The highest BCUT2D eigenvalue weighted by atomic mass is 35.5. The number of anilines is 1. The lowest BCUT2D eigenvalue weighted by Gasteiger charge is -2.18. The minimum Gasteiger partial charge on any atom is -0.398 e. The van der Waals surface area contributed by atoms with Crippen LogP contribution in [0.5, 0.6) is 0 Å². The molecule has 4 nitrogen and oxygen atoms in total. The number of halogens is 1. The molecule has 0 amide bonds. The van der Waals surface area contributed by atoms with Crippen molar-refractivity contribution < 1.29 is 8.42 Å². The van der Waals surface area contributed by atoms with Gasteiger partial charge in [-0.2, -0.15) is 0 Å². The summed E-state index contributed by atoms with van der Waals surface area (Å²) in [7, 11) is -3.51. The molecule has 3 N–H and O–H groups in total. The molecule has 6 heteroatoms. The summed E-state index contributed by atoms with van der Waals surface area (Å²) in [5.41, 5.74) is 5.94. The molecule has 1 atom stereocenters. The van der Waals surface area contributed by atoms with Crippen LogP contribution < -0.4 is 10.5 Å². The highest BCUT2D eigenvalue weighted by molar-refractivity contribution is 7.89. The minimum absolute atomic E-state index is 0.151. The van der Waals surface area contributed by atoms with Crippen LogP contribution in [0.4, 0.5) is 5.69 Å². The summed E-state index contributed by atoms with van der Waals surface area (Å²) >= 11 is 5.84. The average molecular weight is 301 g/mol. The third-order valence-electron chi connectivity index (χ3n) is 3.22. The third-order valence-corrected chi connectivity index (χ3v) is 4.97. The molecule has 0 saturated carbocycles. The van der Waals surface area contributed by atoms with Gasteiger partial charge < -0.3 is 5.73 Å². The maximum atomic E-state index is 12.1. The number of rotatable bonds is 4. The zero-order valence-corrected chi connectivity index (χ0v) is 12.0. The molecule has 0 aliphatic heterocycles. The highest BCUT2D eigenvalue weighted by Crippen LogP contribution is 2.23. The number of hydrogen-bond acceptors (Lipinski definition) is 3. The molecule has 19 heavy (non-hydrogen) atoms. The van der Waals surface area contributed by atoms with Gasteiger partial charge in [0.05, 0.1) is 15.6 Å². The number of hydrogen-bond donors (Lipinski definition) is 2. The summed E-state index contributed by atoms with van der Waals surface area (Å²) in [6, 6.07) is 4.34. The Labute approximate surface area is 118 Å². The van der Waals surface area contributed by atoms with Crippen molar-refractivity contribution in [1.82, 2.24) is 4.72 Å². The Morgan fingerprint density at radius 1 is 1.37 bits per heavy atom. The Kier molecular flexibility index (Phi) is 4.50. The van der Waals surface area contributed by atoms with Crippen LogP contribution >= 0.6 is 11.6 Å². The van der Waals surface area contributed by atoms with E-state index in [1.165, 1.54) is 18.2 Å². The number of sulfonamides is 1. The number of nitrogens with one attached hydrogen (secondary N) is 1. The number of allylic oxidation sites excluding steroid dienone is 2. The lowest BCUT2D eigenvalue weighted by molar-refractivity contribution is 0.468. The van der Waals surface area contributed by atoms with E-state index in [1.54, 1.807) is 0 Å². The first-order valence-corrected chi connectivity index (χ1v) is 8.05. The van der Waals surface area contributed by atoms with E-state index in [9.17, 15) is 8.42 Å². The summed E-state index contributed by atoms with van der Waals surface area (Å²) in [5.74, 6) is 0.365. The Morgan fingerprint density at radius 2 is 2.16 bits per heavy atom. The molecule has 0 fully saturated rings. The van der Waals surface area contributed by atoms with Crippen LogP contribution in [0.15, 0.2) is 35.2 Å². The van der Waals surface area contributed by atoms with Gasteiger partial charge in [-0.1, -0.05) is 23.8 Å².